The Morgan fingerprint density at radius 2 is 1.93 bits per heavy atom. The summed E-state index contributed by atoms with van der Waals surface area (Å²) < 4.78 is 39.4. The molecule has 1 saturated heterocycles. The number of aryl methyl sites for hydroxylation is 1. The van der Waals surface area contributed by atoms with Crippen molar-refractivity contribution in [2.45, 2.75) is 38.4 Å². The summed E-state index contributed by atoms with van der Waals surface area (Å²) in [4.78, 5) is 11.2. The number of hydrogen-bond donors (Lipinski definition) is 3. The maximum Gasteiger partial charge on any atom is 0.418 e. The zero-order valence-electron chi connectivity index (χ0n) is 16.8. The van der Waals surface area contributed by atoms with Gasteiger partial charge in [-0.3, -0.25) is 0 Å². The number of benzene rings is 1. The molecule has 0 radical (unpaired) electrons. The van der Waals surface area contributed by atoms with Gasteiger partial charge in [-0.2, -0.15) is 18.2 Å². The van der Waals surface area contributed by atoms with E-state index in [2.05, 4.69) is 32.4 Å². The van der Waals surface area contributed by atoms with Crippen molar-refractivity contribution < 1.29 is 13.2 Å². The van der Waals surface area contributed by atoms with E-state index in [0.29, 0.717) is 6.04 Å². The van der Waals surface area contributed by atoms with Gasteiger partial charge in [-0.15, -0.1) is 24.8 Å². The van der Waals surface area contributed by atoms with Crippen LogP contribution in [0.5, 0.6) is 0 Å². The summed E-state index contributed by atoms with van der Waals surface area (Å²) in [5.74, 6) is 1.07. The zero-order valence-corrected chi connectivity index (χ0v) is 18.4. The molecule has 0 aliphatic carbocycles. The van der Waals surface area contributed by atoms with Gasteiger partial charge in [0.25, 0.3) is 0 Å². The molecule has 1 atom stereocenters. The number of rotatable bonds is 6. The predicted molar refractivity (Wildman–Crippen MR) is 119 cm³/mol. The molecule has 1 aliphatic heterocycles. The molecule has 30 heavy (non-hydrogen) atoms. The summed E-state index contributed by atoms with van der Waals surface area (Å²) in [5.41, 5.74) is 5.39. The fourth-order valence-electron chi connectivity index (χ4n) is 3.30. The second-order valence-corrected chi connectivity index (χ2v) is 6.94. The van der Waals surface area contributed by atoms with Crippen LogP contribution < -0.4 is 21.3 Å². The standard InChI is InChI=1S/C19H25F3N6.2ClH/c1-3-4-12-10-17(28-8-7-14(11-28)24-2)27-18(25-12)26-13-5-6-16(23)15(9-13)19(20,21)22;;/h5-6,9-10,14,24H,3-4,7-8,11,23H2,1-2H3,(H,25,26,27);2*1H. The summed E-state index contributed by atoms with van der Waals surface area (Å²) in [5, 5.41) is 6.18. The van der Waals surface area contributed by atoms with Crippen LogP contribution in [0.1, 0.15) is 31.0 Å². The van der Waals surface area contributed by atoms with E-state index in [1.165, 1.54) is 12.1 Å². The molecule has 2 aromatic rings. The number of nitrogen functional groups attached to an aromatic ring is 1. The van der Waals surface area contributed by atoms with Gasteiger partial charge in [-0.25, -0.2) is 4.98 Å². The number of nitrogens with one attached hydrogen (secondary N) is 2. The van der Waals surface area contributed by atoms with Crippen LogP contribution in [0.3, 0.4) is 0 Å². The minimum atomic E-state index is -4.52. The van der Waals surface area contributed by atoms with Gasteiger partial charge in [0, 0.05) is 42.3 Å². The number of hydrogen-bond acceptors (Lipinski definition) is 6. The summed E-state index contributed by atoms with van der Waals surface area (Å²) >= 11 is 0. The van der Waals surface area contributed by atoms with Gasteiger partial charge in [0.15, 0.2) is 0 Å². The van der Waals surface area contributed by atoms with Crippen molar-refractivity contribution in [3.05, 3.63) is 35.5 Å². The molecular weight excluding hydrogens is 440 g/mol. The van der Waals surface area contributed by atoms with Crippen molar-refractivity contribution in [1.29, 1.82) is 0 Å². The number of alkyl halides is 3. The molecule has 1 unspecified atom stereocenters. The molecule has 1 aromatic carbocycles. The Morgan fingerprint density at radius 1 is 1.20 bits per heavy atom. The van der Waals surface area contributed by atoms with Crippen LogP contribution in [0.4, 0.5) is 36.3 Å². The monoisotopic (exact) mass is 466 g/mol. The Morgan fingerprint density at radius 3 is 2.53 bits per heavy atom. The molecule has 11 heteroatoms. The van der Waals surface area contributed by atoms with Crippen LogP contribution in [0.15, 0.2) is 24.3 Å². The Kier molecular flexibility index (Phi) is 9.45. The molecule has 0 saturated carbocycles. The summed E-state index contributed by atoms with van der Waals surface area (Å²) in [6.45, 7) is 3.75. The highest BCUT2D eigenvalue weighted by molar-refractivity contribution is 5.85. The maximum atomic E-state index is 13.1. The van der Waals surface area contributed by atoms with Gasteiger partial charge < -0.3 is 21.3 Å². The normalized spacial score (nSPS) is 16.0. The highest BCUT2D eigenvalue weighted by Crippen LogP contribution is 2.35. The van der Waals surface area contributed by atoms with Crippen LogP contribution in [0, 0.1) is 0 Å². The molecule has 3 rings (SSSR count). The minimum absolute atomic E-state index is 0. The average Bonchev–Trinajstić information content (AvgIpc) is 3.12. The van der Waals surface area contributed by atoms with Gasteiger partial charge in [-0.1, -0.05) is 13.3 Å². The summed E-state index contributed by atoms with van der Waals surface area (Å²) in [6, 6.07) is 6.06. The second-order valence-electron chi connectivity index (χ2n) is 6.94. The van der Waals surface area contributed by atoms with Crippen molar-refractivity contribution in [2.24, 2.45) is 0 Å². The van der Waals surface area contributed by atoms with Crippen LogP contribution in [0.2, 0.25) is 0 Å². The quantitative estimate of drug-likeness (QED) is 0.547. The number of nitrogens with two attached hydrogens (primary N) is 1. The molecule has 0 bridgehead atoms. The zero-order chi connectivity index (χ0) is 20.3. The Balaban J connectivity index is 0.00000225. The lowest BCUT2D eigenvalue weighted by molar-refractivity contribution is -0.136. The minimum Gasteiger partial charge on any atom is -0.398 e. The lowest BCUT2D eigenvalue weighted by Gasteiger charge is -2.19. The third kappa shape index (κ3) is 6.26. The second kappa shape index (κ2) is 10.9. The van der Waals surface area contributed by atoms with Crippen LogP contribution in [-0.4, -0.2) is 36.1 Å². The fourth-order valence-corrected chi connectivity index (χ4v) is 3.30. The first-order chi connectivity index (χ1) is 13.3. The van der Waals surface area contributed by atoms with Crippen LogP contribution in [-0.2, 0) is 12.6 Å². The van der Waals surface area contributed by atoms with Crippen LogP contribution >= 0.6 is 24.8 Å². The molecular formula is C19H27Cl2F3N6. The molecule has 4 N–H and O–H groups in total. The first-order valence-electron chi connectivity index (χ1n) is 9.34. The van der Waals surface area contributed by atoms with Crippen molar-refractivity contribution in [3.63, 3.8) is 0 Å². The smallest absolute Gasteiger partial charge is 0.398 e. The Hall–Kier alpha value is -1.97. The highest BCUT2D eigenvalue weighted by Gasteiger charge is 2.33. The van der Waals surface area contributed by atoms with E-state index in [1.54, 1.807) is 0 Å². The third-order valence-corrected chi connectivity index (χ3v) is 4.81. The van der Waals surface area contributed by atoms with E-state index in [1.807, 2.05) is 13.1 Å². The van der Waals surface area contributed by atoms with Gasteiger partial charge in [0.1, 0.15) is 5.82 Å². The average molecular weight is 467 g/mol. The molecule has 0 amide bonds. The third-order valence-electron chi connectivity index (χ3n) is 4.81. The van der Waals surface area contributed by atoms with Crippen molar-refractivity contribution in [3.8, 4) is 0 Å². The molecule has 0 spiro atoms. The fraction of sp³-hybridized carbons (Fsp3) is 0.474. The molecule has 168 valence electrons. The SMILES string of the molecule is CCCc1cc(N2CCC(NC)C2)nc(Nc2ccc(N)c(C(F)(F)F)c2)n1.Cl.Cl. The molecule has 1 fully saturated rings. The van der Waals surface area contributed by atoms with E-state index in [-0.39, 0.29) is 42.1 Å². The van der Waals surface area contributed by atoms with Crippen LogP contribution in [0.25, 0.3) is 0 Å². The summed E-state index contributed by atoms with van der Waals surface area (Å²) in [7, 11) is 1.93. The predicted octanol–water partition coefficient (Wildman–Crippen LogP) is 4.42. The number of nitrogens with zero attached hydrogens (tertiary/aromatic N) is 3. The highest BCUT2D eigenvalue weighted by atomic mass is 35.5. The molecule has 1 aromatic heterocycles. The number of aromatic nitrogens is 2. The van der Waals surface area contributed by atoms with Crippen molar-refractivity contribution >= 4 is 48.0 Å². The van der Waals surface area contributed by atoms with E-state index in [9.17, 15) is 13.2 Å². The topological polar surface area (TPSA) is 79.1 Å². The lowest BCUT2D eigenvalue weighted by Crippen LogP contribution is -2.30. The van der Waals surface area contributed by atoms with Crippen molar-refractivity contribution in [1.82, 2.24) is 15.3 Å². The maximum absolute atomic E-state index is 13.1. The molecule has 2 heterocycles. The Bertz CT molecular complexity index is 834. The van der Waals surface area contributed by atoms with Gasteiger partial charge in [0.2, 0.25) is 5.95 Å². The van der Waals surface area contributed by atoms with E-state index >= 15 is 0 Å². The number of anilines is 4. The Labute approximate surface area is 186 Å². The van der Waals surface area contributed by atoms with Gasteiger partial charge >= 0.3 is 6.18 Å². The first-order valence-corrected chi connectivity index (χ1v) is 9.34. The van der Waals surface area contributed by atoms with E-state index in [0.717, 1.165) is 49.9 Å². The van der Waals surface area contributed by atoms with E-state index < -0.39 is 11.7 Å². The lowest BCUT2D eigenvalue weighted by atomic mass is 10.1. The number of halogens is 5. The largest absolute Gasteiger partial charge is 0.418 e. The first kappa shape index (κ1) is 26.1. The van der Waals surface area contributed by atoms with Gasteiger partial charge in [0.05, 0.1) is 5.56 Å². The molecule has 6 nitrogen and oxygen atoms in total. The van der Waals surface area contributed by atoms with Crippen molar-refractivity contribution in [2.75, 3.05) is 36.1 Å². The van der Waals surface area contributed by atoms with Gasteiger partial charge in [-0.05, 0) is 38.1 Å². The molecule has 1 aliphatic rings. The summed E-state index contributed by atoms with van der Waals surface area (Å²) in [6.07, 6.45) is -1.83. The van der Waals surface area contributed by atoms with E-state index in [4.69, 9.17) is 5.73 Å². The number of likely N-dealkylation sites (N-methyl/N-ethyl adjacent to an activating group) is 1.